The summed E-state index contributed by atoms with van der Waals surface area (Å²) >= 11 is 7.31. The number of carbonyl (C=O) groups is 1. The summed E-state index contributed by atoms with van der Waals surface area (Å²) in [6.07, 6.45) is 1.70. The monoisotopic (exact) mass is 469 g/mol. The topological polar surface area (TPSA) is 46.9 Å². The fourth-order valence-electron chi connectivity index (χ4n) is 3.14. The molecule has 0 fully saturated rings. The molecule has 0 saturated carbocycles. The lowest BCUT2D eigenvalue weighted by Gasteiger charge is -2.13. The van der Waals surface area contributed by atoms with E-state index in [0.717, 1.165) is 16.9 Å². The summed E-state index contributed by atoms with van der Waals surface area (Å²) < 4.78 is 28.7. The average Bonchev–Trinajstić information content (AvgIpc) is 3.20. The molecular weight excluding hydrogens is 452 g/mol. The number of amides is 1. The molecule has 0 radical (unpaired) electrons. The molecular formula is C24H18ClF2N3OS. The van der Waals surface area contributed by atoms with Gasteiger partial charge in [-0.1, -0.05) is 23.4 Å². The summed E-state index contributed by atoms with van der Waals surface area (Å²) in [6, 6.07) is 17.7. The summed E-state index contributed by atoms with van der Waals surface area (Å²) in [7, 11) is 0. The second-order valence-electron chi connectivity index (χ2n) is 7.05. The van der Waals surface area contributed by atoms with E-state index in [1.54, 1.807) is 37.4 Å². The van der Waals surface area contributed by atoms with E-state index in [4.69, 9.17) is 11.6 Å². The van der Waals surface area contributed by atoms with Crippen LogP contribution in [0.1, 0.15) is 5.56 Å². The largest absolute Gasteiger partial charge is 0.325 e. The number of thioether (sulfide) groups is 1. The molecule has 1 amide bonds. The van der Waals surface area contributed by atoms with E-state index in [0.29, 0.717) is 21.4 Å². The van der Waals surface area contributed by atoms with Gasteiger partial charge in [-0.15, -0.1) is 0 Å². The van der Waals surface area contributed by atoms with Gasteiger partial charge in [0.1, 0.15) is 11.6 Å². The van der Waals surface area contributed by atoms with Gasteiger partial charge in [-0.3, -0.25) is 9.36 Å². The van der Waals surface area contributed by atoms with Crippen LogP contribution in [0.25, 0.3) is 16.9 Å². The van der Waals surface area contributed by atoms with Gasteiger partial charge in [0.05, 0.1) is 17.6 Å². The SMILES string of the molecule is Cc1cc(-c2cnc(SCC(=O)Nc3ccc(F)cc3)n2-c2ccc(Cl)cc2)ccc1F. The van der Waals surface area contributed by atoms with Crippen molar-refractivity contribution in [3.8, 4) is 16.9 Å². The zero-order chi connectivity index (χ0) is 22.7. The average molecular weight is 470 g/mol. The Morgan fingerprint density at radius 1 is 1.06 bits per heavy atom. The molecule has 4 rings (SSSR count). The van der Waals surface area contributed by atoms with E-state index in [2.05, 4.69) is 10.3 Å². The van der Waals surface area contributed by atoms with Crippen LogP contribution < -0.4 is 5.32 Å². The van der Waals surface area contributed by atoms with Crippen molar-refractivity contribution in [1.82, 2.24) is 9.55 Å². The molecule has 1 N–H and O–H groups in total. The first kappa shape index (κ1) is 22.0. The zero-order valence-corrected chi connectivity index (χ0v) is 18.6. The highest BCUT2D eigenvalue weighted by Crippen LogP contribution is 2.31. The number of aromatic nitrogens is 2. The van der Waals surface area contributed by atoms with Crippen LogP contribution in [0.3, 0.4) is 0 Å². The second-order valence-corrected chi connectivity index (χ2v) is 8.42. The third-order valence-corrected chi connectivity index (χ3v) is 5.93. The van der Waals surface area contributed by atoms with Crippen molar-refractivity contribution < 1.29 is 13.6 Å². The van der Waals surface area contributed by atoms with Crippen LogP contribution in [0, 0.1) is 18.6 Å². The van der Waals surface area contributed by atoms with Crippen LogP contribution in [-0.2, 0) is 4.79 Å². The summed E-state index contributed by atoms with van der Waals surface area (Å²) in [6.45, 7) is 1.71. The first-order valence-electron chi connectivity index (χ1n) is 9.69. The number of halogens is 3. The lowest BCUT2D eigenvalue weighted by molar-refractivity contribution is -0.113. The molecule has 0 aliphatic carbocycles. The minimum Gasteiger partial charge on any atom is -0.325 e. The van der Waals surface area contributed by atoms with Crippen molar-refractivity contribution in [1.29, 1.82) is 0 Å². The highest BCUT2D eigenvalue weighted by Gasteiger charge is 2.16. The number of nitrogens with zero attached hydrogens (tertiary/aromatic N) is 2. The number of nitrogens with one attached hydrogen (secondary N) is 1. The number of hydrogen-bond acceptors (Lipinski definition) is 3. The molecule has 0 bridgehead atoms. The van der Waals surface area contributed by atoms with Crippen molar-refractivity contribution in [2.75, 3.05) is 11.1 Å². The predicted octanol–water partition coefficient (Wildman–Crippen LogP) is 6.51. The van der Waals surface area contributed by atoms with Gasteiger partial charge in [-0.25, -0.2) is 13.8 Å². The number of imidazole rings is 1. The molecule has 162 valence electrons. The van der Waals surface area contributed by atoms with Crippen LogP contribution in [-0.4, -0.2) is 21.2 Å². The number of rotatable bonds is 6. The Bertz CT molecular complexity index is 1260. The fourth-order valence-corrected chi connectivity index (χ4v) is 4.06. The maximum Gasteiger partial charge on any atom is 0.234 e. The Morgan fingerprint density at radius 2 is 1.78 bits per heavy atom. The summed E-state index contributed by atoms with van der Waals surface area (Å²) in [4.78, 5) is 16.9. The van der Waals surface area contributed by atoms with Crippen molar-refractivity contribution in [2.24, 2.45) is 0 Å². The smallest absolute Gasteiger partial charge is 0.234 e. The molecule has 0 aliphatic heterocycles. The standard InChI is InChI=1S/C24H18ClF2N3OS/c1-15-12-16(2-11-21(15)27)22-13-28-24(30(22)20-9-3-17(25)4-10-20)32-14-23(31)29-19-7-5-18(26)6-8-19/h2-13H,14H2,1H3,(H,29,31). The molecule has 0 unspecified atom stereocenters. The van der Waals surface area contributed by atoms with E-state index in [9.17, 15) is 13.6 Å². The number of carbonyl (C=O) groups excluding carboxylic acids is 1. The van der Waals surface area contributed by atoms with Gasteiger partial charge >= 0.3 is 0 Å². The van der Waals surface area contributed by atoms with Gasteiger partial charge in [0.25, 0.3) is 0 Å². The van der Waals surface area contributed by atoms with Crippen LogP contribution in [0.4, 0.5) is 14.5 Å². The first-order valence-corrected chi connectivity index (χ1v) is 11.1. The molecule has 1 aromatic heterocycles. The van der Waals surface area contributed by atoms with Crippen LogP contribution in [0.2, 0.25) is 5.02 Å². The van der Waals surface area contributed by atoms with Gasteiger partial charge in [0.15, 0.2) is 5.16 Å². The lowest BCUT2D eigenvalue weighted by Crippen LogP contribution is -2.14. The molecule has 0 spiro atoms. The molecule has 1 heterocycles. The Hall–Kier alpha value is -3.16. The third-order valence-electron chi connectivity index (χ3n) is 4.73. The Labute approximate surface area is 193 Å². The maximum atomic E-state index is 13.8. The highest BCUT2D eigenvalue weighted by atomic mass is 35.5. The summed E-state index contributed by atoms with van der Waals surface area (Å²) in [5.74, 6) is -0.792. The lowest BCUT2D eigenvalue weighted by atomic mass is 10.1. The zero-order valence-electron chi connectivity index (χ0n) is 17.0. The minimum absolute atomic E-state index is 0.101. The number of anilines is 1. The molecule has 4 aromatic rings. The number of benzene rings is 3. The van der Waals surface area contributed by atoms with Crippen molar-refractivity contribution in [2.45, 2.75) is 12.1 Å². The van der Waals surface area contributed by atoms with Crippen LogP contribution in [0.15, 0.2) is 78.1 Å². The van der Waals surface area contributed by atoms with Gasteiger partial charge in [0, 0.05) is 22.0 Å². The Kier molecular flexibility index (Phi) is 6.58. The first-order chi connectivity index (χ1) is 15.4. The second kappa shape index (κ2) is 9.54. The molecule has 0 atom stereocenters. The Balaban J connectivity index is 1.62. The molecule has 32 heavy (non-hydrogen) atoms. The summed E-state index contributed by atoms with van der Waals surface area (Å²) in [5.41, 5.74) is 3.41. The normalized spacial score (nSPS) is 10.9. The van der Waals surface area contributed by atoms with Crippen molar-refractivity contribution in [3.05, 3.63) is 95.1 Å². The molecule has 0 saturated heterocycles. The highest BCUT2D eigenvalue weighted by molar-refractivity contribution is 7.99. The minimum atomic E-state index is -0.370. The van der Waals surface area contributed by atoms with Gasteiger partial charge in [-0.05, 0) is 79.2 Å². The fraction of sp³-hybridized carbons (Fsp3) is 0.0833. The Morgan fingerprint density at radius 3 is 2.47 bits per heavy atom. The molecule has 4 nitrogen and oxygen atoms in total. The summed E-state index contributed by atoms with van der Waals surface area (Å²) in [5, 5.41) is 3.93. The van der Waals surface area contributed by atoms with Gasteiger partial charge in [-0.2, -0.15) is 0 Å². The van der Waals surface area contributed by atoms with E-state index >= 15 is 0 Å². The maximum absolute atomic E-state index is 13.8. The molecule has 3 aromatic carbocycles. The van der Waals surface area contributed by atoms with E-state index in [-0.39, 0.29) is 23.3 Å². The van der Waals surface area contributed by atoms with Crippen LogP contribution >= 0.6 is 23.4 Å². The van der Waals surface area contributed by atoms with E-state index in [1.807, 2.05) is 16.7 Å². The van der Waals surface area contributed by atoms with Crippen molar-refractivity contribution >= 4 is 35.0 Å². The van der Waals surface area contributed by atoms with E-state index in [1.165, 1.54) is 42.1 Å². The third kappa shape index (κ3) is 5.00. The van der Waals surface area contributed by atoms with Gasteiger partial charge < -0.3 is 5.32 Å². The van der Waals surface area contributed by atoms with Crippen molar-refractivity contribution in [3.63, 3.8) is 0 Å². The number of hydrogen-bond donors (Lipinski definition) is 1. The number of aryl methyl sites for hydroxylation is 1. The predicted molar refractivity (Wildman–Crippen MR) is 124 cm³/mol. The van der Waals surface area contributed by atoms with Gasteiger partial charge in [0.2, 0.25) is 5.91 Å². The van der Waals surface area contributed by atoms with Crippen LogP contribution in [0.5, 0.6) is 0 Å². The van der Waals surface area contributed by atoms with E-state index < -0.39 is 0 Å². The quantitative estimate of drug-likeness (QED) is 0.327. The molecule has 0 aliphatic rings. The molecule has 8 heteroatoms.